The molecule has 0 aromatic carbocycles. The van der Waals surface area contributed by atoms with Gasteiger partial charge >= 0.3 is 20.6 Å². The van der Waals surface area contributed by atoms with Gasteiger partial charge in [0.2, 0.25) is 0 Å². The van der Waals surface area contributed by atoms with Crippen LogP contribution in [-0.2, 0) is 20.6 Å². The van der Waals surface area contributed by atoms with Crippen LogP contribution in [0.25, 0.3) is 0 Å². The zero-order valence-corrected chi connectivity index (χ0v) is 7.79. The van der Waals surface area contributed by atoms with Gasteiger partial charge in [-0.15, -0.1) is 4.31 Å². The summed E-state index contributed by atoms with van der Waals surface area (Å²) in [5.74, 6) is 0. The summed E-state index contributed by atoms with van der Waals surface area (Å²) in [4.78, 5) is 0. The second-order valence-electron chi connectivity index (χ2n) is 1.85. The van der Waals surface area contributed by atoms with Gasteiger partial charge in [-0.1, -0.05) is 0 Å². The van der Waals surface area contributed by atoms with E-state index in [1.54, 1.807) is 0 Å². The third kappa shape index (κ3) is 5.87. The molecule has 0 aromatic rings. The van der Waals surface area contributed by atoms with Gasteiger partial charge in [0.05, 0.1) is 6.67 Å². The van der Waals surface area contributed by atoms with E-state index >= 15 is 0 Å². The lowest BCUT2D eigenvalue weighted by molar-refractivity contribution is 0.166. The molecule has 13 heavy (non-hydrogen) atoms. The number of hydrogen-bond acceptors (Lipinski definition) is 5. The molecule has 0 aliphatic carbocycles. The molecule has 80 valence electrons. The van der Waals surface area contributed by atoms with Crippen LogP contribution in [0, 0.1) is 0 Å². The van der Waals surface area contributed by atoms with Crippen molar-refractivity contribution in [1.29, 1.82) is 0 Å². The van der Waals surface area contributed by atoms with Gasteiger partial charge in [-0.3, -0.25) is 9.11 Å². The van der Waals surface area contributed by atoms with E-state index in [1.165, 1.54) is 4.72 Å². The molecule has 0 aliphatic heterocycles. The van der Waals surface area contributed by atoms with Crippen molar-refractivity contribution in [2.75, 3.05) is 13.4 Å². The summed E-state index contributed by atoms with van der Waals surface area (Å²) >= 11 is 0. The Morgan fingerprint density at radius 2 is 1.62 bits per heavy atom. The Kier molecular flexibility index (Phi) is 4.18. The van der Waals surface area contributed by atoms with Gasteiger partial charge in [-0.25, -0.2) is 0 Å². The smallest absolute Gasteiger partial charge is 0.339 e. The average Bonchev–Trinajstić information content (AvgIpc) is 1.82. The number of rotatable bonds is 5. The molecule has 0 fully saturated rings. The fourth-order valence-corrected chi connectivity index (χ4v) is 1.13. The van der Waals surface area contributed by atoms with Crippen LogP contribution < -0.4 is 4.72 Å². The van der Waals surface area contributed by atoms with Crippen molar-refractivity contribution in [2.24, 2.45) is 0 Å². The Balaban J connectivity index is 4.35. The van der Waals surface area contributed by atoms with Crippen LogP contribution in [0.4, 0.5) is 0 Å². The van der Waals surface area contributed by atoms with Crippen molar-refractivity contribution < 1.29 is 31.0 Å². The normalized spacial score (nSPS) is 13.5. The highest BCUT2D eigenvalue weighted by atomic mass is 32.2. The number of aliphatic hydroxyl groups excluding tert-OH is 1. The lowest BCUT2D eigenvalue weighted by atomic mass is 11.0. The fraction of sp³-hybridized carbons (Fsp3) is 1.00. The second kappa shape index (κ2) is 4.28. The van der Waals surface area contributed by atoms with Crippen LogP contribution in [0.1, 0.15) is 0 Å². The van der Waals surface area contributed by atoms with Crippen molar-refractivity contribution in [2.45, 2.75) is 0 Å². The number of nitrogens with zero attached hydrogens (tertiary/aromatic N) is 1. The highest BCUT2D eigenvalue weighted by molar-refractivity contribution is 7.84. The topological polar surface area (TPSA) is 144 Å². The van der Waals surface area contributed by atoms with E-state index in [0.29, 0.717) is 0 Å². The SMILES string of the molecule is O=S(=O)(O)NCN(CO)S(=O)(=O)O. The maximum atomic E-state index is 10.3. The maximum Gasteiger partial charge on any atom is 0.339 e. The van der Waals surface area contributed by atoms with E-state index in [0.717, 1.165) is 0 Å². The van der Waals surface area contributed by atoms with E-state index in [2.05, 4.69) is 0 Å². The molecule has 0 rings (SSSR count). The third-order valence-corrected chi connectivity index (χ3v) is 2.30. The predicted molar refractivity (Wildman–Crippen MR) is 40.0 cm³/mol. The van der Waals surface area contributed by atoms with Crippen LogP contribution in [0.3, 0.4) is 0 Å². The Morgan fingerprint density at radius 1 is 1.15 bits per heavy atom. The van der Waals surface area contributed by atoms with E-state index in [4.69, 9.17) is 14.2 Å². The van der Waals surface area contributed by atoms with Crippen LogP contribution in [0.2, 0.25) is 0 Å². The molecule has 0 aromatic heterocycles. The van der Waals surface area contributed by atoms with Gasteiger partial charge in [-0.05, 0) is 0 Å². The Bertz CT molecular complexity index is 343. The van der Waals surface area contributed by atoms with Gasteiger partial charge in [0.25, 0.3) is 0 Å². The van der Waals surface area contributed by atoms with Crippen LogP contribution >= 0.6 is 0 Å². The Labute approximate surface area is 74.7 Å². The third-order valence-electron chi connectivity index (χ3n) is 0.907. The largest absolute Gasteiger partial charge is 0.380 e. The van der Waals surface area contributed by atoms with Crippen molar-refractivity contribution in [3.8, 4) is 0 Å². The molecule has 0 spiro atoms. The molecular formula is C2H8N2O7S2. The van der Waals surface area contributed by atoms with Crippen molar-refractivity contribution >= 4 is 20.6 Å². The molecule has 0 heterocycles. The fourth-order valence-electron chi connectivity index (χ4n) is 0.358. The van der Waals surface area contributed by atoms with E-state index < -0.39 is 34.0 Å². The summed E-state index contributed by atoms with van der Waals surface area (Å²) < 4.78 is 58.4. The first-order chi connectivity index (χ1) is 5.67. The molecular weight excluding hydrogens is 228 g/mol. The van der Waals surface area contributed by atoms with Crippen LogP contribution in [-0.4, -0.2) is 48.8 Å². The van der Waals surface area contributed by atoms with Gasteiger partial charge in [0.15, 0.2) is 0 Å². The highest BCUT2D eigenvalue weighted by Gasteiger charge is 2.19. The van der Waals surface area contributed by atoms with Gasteiger partial charge in [0.1, 0.15) is 6.73 Å². The van der Waals surface area contributed by atoms with Crippen molar-refractivity contribution in [3.63, 3.8) is 0 Å². The maximum absolute atomic E-state index is 10.3. The number of aliphatic hydroxyl groups is 1. The molecule has 11 heteroatoms. The molecule has 4 N–H and O–H groups in total. The zero-order chi connectivity index (χ0) is 10.7. The molecule has 9 nitrogen and oxygen atoms in total. The second-order valence-corrected chi connectivity index (χ2v) is 4.50. The minimum absolute atomic E-state index is 0.0270. The summed E-state index contributed by atoms with van der Waals surface area (Å²) in [5.41, 5.74) is 0. The molecule has 0 radical (unpaired) electrons. The molecule has 0 saturated heterocycles. The first-order valence-corrected chi connectivity index (χ1v) is 5.56. The lowest BCUT2D eigenvalue weighted by Crippen LogP contribution is -2.41. The summed E-state index contributed by atoms with van der Waals surface area (Å²) in [5, 5.41) is 8.33. The van der Waals surface area contributed by atoms with Crippen LogP contribution in [0.5, 0.6) is 0 Å². The molecule has 0 unspecified atom stereocenters. The van der Waals surface area contributed by atoms with Gasteiger partial charge in [0, 0.05) is 0 Å². The van der Waals surface area contributed by atoms with E-state index in [1.807, 2.05) is 0 Å². The highest BCUT2D eigenvalue weighted by Crippen LogP contribution is 1.92. The Hall–Kier alpha value is -0.300. The molecule has 0 bridgehead atoms. The van der Waals surface area contributed by atoms with E-state index in [-0.39, 0.29) is 4.31 Å². The first-order valence-electron chi connectivity index (χ1n) is 2.72. The summed E-state index contributed by atoms with van der Waals surface area (Å²) in [6.07, 6.45) is 0. The minimum atomic E-state index is -4.69. The van der Waals surface area contributed by atoms with Gasteiger partial charge in [-0.2, -0.15) is 21.6 Å². The molecule has 0 atom stereocenters. The summed E-state index contributed by atoms with van der Waals surface area (Å²) in [7, 11) is -9.26. The zero-order valence-electron chi connectivity index (χ0n) is 6.15. The quantitative estimate of drug-likeness (QED) is 0.302. The van der Waals surface area contributed by atoms with Crippen molar-refractivity contribution in [3.05, 3.63) is 0 Å². The molecule has 0 amide bonds. The average molecular weight is 236 g/mol. The summed E-state index contributed by atoms with van der Waals surface area (Å²) in [6, 6.07) is 0. The molecule has 0 aliphatic rings. The summed E-state index contributed by atoms with van der Waals surface area (Å²) in [6.45, 7) is -2.09. The predicted octanol–water partition coefficient (Wildman–Crippen LogP) is -2.61. The Morgan fingerprint density at radius 3 is 1.85 bits per heavy atom. The number of nitrogens with one attached hydrogen (secondary N) is 1. The van der Waals surface area contributed by atoms with E-state index in [9.17, 15) is 16.8 Å². The number of hydrogen-bond donors (Lipinski definition) is 4. The monoisotopic (exact) mass is 236 g/mol. The van der Waals surface area contributed by atoms with Crippen LogP contribution in [0.15, 0.2) is 0 Å². The molecule has 0 saturated carbocycles. The minimum Gasteiger partial charge on any atom is -0.380 e. The van der Waals surface area contributed by atoms with Gasteiger partial charge < -0.3 is 5.11 Å². The standard InChI is InChI=1S/C2H8N2O7S2/c5-2-4(13(9,10)11)1-3-12(6,7)8/h3,5H,1-2H2,(H,6,7,8)(H,9,10,11). The first kappa shape index (κ1) is 12.7. The van der Waals surface area contributed by atoms with Crippen molar-refractivity contribution in [1.82, 2.24) is 9.03 Å². The lowest BCUT2D eigenvalue weighted by Gasteiger charge is -2.14.